The first-order valence-electron chi connectivity index (χ1n) is 11.1. The molecule has 1 atom stereocenters. The fourth-order valence-corrected chi connectivity index (χ4v) is 4.24. The van der Waals surface area contributed by atoms with Crippen molar-refractivity contribution in [3.63, 3.8) is 0 Å². The normalized spacial score (nSPS) is 18.7. The summed E-state index contributed by atoms with van der Waals surface area (Å²) in [6.45, 7) is 3.81. The minimum absolute atomic E-state index is 0.000776. The Kier molecular flexibility index (Phi) is 7.60. The molecule has 2 aliphatic rings. The van der Waals surface area contributed by atoms with E-state index in [2.05, 4.69) is 11.4 Å². The monoisotopic (exact) mass is 425 g/mol. The molecule has 3 rings (SSSR count). The fraction of sp³-hybridized carbons (Fsp3) is 0.500. The van der Waals surface area contributed by atoms with E-state index in [9.17, 15) is 19.2 Å². The number of carbonyl (C=O) groups excluding carboxylic acids is 4. The smallest absolute Gasteiger partial charge is 0.257 e. The van der Waals surface area contributed by atoms with E-state index < -0.39 is 6.04 Å². The average molecular weight is 426 g/mol. The molecule has 1 fully saturated rings. The van der Waals surface area contributed by atoms with Gasteiger partial charge in [-0.3, -0.25) is 19.2 Å². The van der Waals surface area contributed by atoms with Crippen LogP contribution >= 0.6 is 0 Å². The van der Waals surface area contributed by atoms with Crippen molar-refractivity contribution < 1.29 is 19.2 Å². The standard InChI is InChI=1S/C24H31N3O4/c1-3-7-22(29)26(15-14-18-8-5-4-6-9-18)21-16-23(30)27(24(21)31)20-12-10-19(11-13-20)25-17(2)28/h8,10-13,21H,3-7,9,14-16H2,1-2H3,(H,25,28). The van der Waals surface area contributed by atoms with Gasteiger partial charge in [0.05, 0.1) is 12.1 Å². The van der Waals surface area contributed by atoms with E-state index in [1.165, 1.54) is 18.9 Å². The summed E-state index contributed by atoms with van der Waals surface area (Å²) in [5.41, 5.74) is 2.37. The van der Waals surface area contributed by atoms with Gasteiger partial charge in [0.15, 0.2) is 0 Å². The predicted molar refractivity (Wildman–Crippen MR) is 119 cm³/mol. The van der Waals surface area contributed by atoms with E-state index in [0.29, 0.717) is 30.8 Å². The van der Waals surface area contributed by atoms with Crippen LogP contribution in [0.15, 0.2) is 35.9 Å². The number of anilines is 2. The molecule has 1 heterocycles. The molecule has 0 spiro atoms. The molecule has 1 aliphatic carbocycles. The van der Waals surface area contributed by atoms with Crippen molar-refractivity contribution in [2.75, 3.05) is 16.8 Å². The first-order valence-corrected chi connectivity index (χ1v) is 11.1. The third-order valence-electron chi connectivity index (χ3n) is 5.79. The summed E-state index contributed by atoms with van der Waals surface area (Å²) in [6.07, 6.45) is 8.53. The van der Waals surface area contributed by atoms with Gasteiger partial charge in [-0.15, -0.1) is 0 Å². The summed E-state index contributed by atoms with van der Waals surface area (Å²) in [4.78, 5) is 52.7. The molecule has 1 saturated heterocycles. The van der Waals surface area contributed by atoms with Crippen LogP contribution in [0.1, 0.15) is 65.2 Å². The molecule has 1 unspecified atom stereocenters. The van der Waals surface area contributed by atoms with Gasteiger partial charge in [0.25, 0.3) is 5.91 Å². The Bertz CT molecular complexity index is 875. The molecule has 1 aromatic rings. The number of benzene rings is 1. The molecule has 0 radical (unpaired) electrons. The summed E-state index contributed by atoms with van der Waals surface area (Å²) < 4.78 is 0. The second-order valence-corrected chi connectivity index (χ2v) is 8.21. The molecule has 7 nitrogen and oxygen atoms in total. The maximum atomic E-state index is 13.2. The number of nitrogens with one attached hydrogen (secondary N) is 1. The van der Waals surface area contributed by atoms with Gasteiger partial charge in [-0.25, -0.2) is 4.90 Å². The van der Waals surface area contributed by atoms with Crippen LogP contribution in [0.2, 0.25) is 0 Å². The number of allylic oxidation sites excluding steroid dienone is 1. The fourth-order valence-electron chi connectivity index (χ4n) is 4.24. The van der Waals surface area contributed by atoms with E-state index in [0.717, 1.165) is 30.6 Å². The zero-order valence-corrected chi connectivity index (χ0v) is 18.4. The first-order chi connectivity index (χ1) is 14.9. The first kappa shape index (κ1) is 22.7. The molecule has 0 saturated carbocycles. The van der Waals surface area contributed by atoms with E-state index in [1.807, 2.05) is 6.92 Å². The minimum Gasteiger partial charge on any atom is -0.330 e. The lowest BCUT2D eigenvalue weighted by Crippen LogP contribution is -2.46. The van der Waals surface area contributed by atoms with Gasteiger partial charge in [-0.1, -0.05) is 18.6 Å². The van der Waals surface area contributed by atoms with Crippen LogP contribution in [-0.2, 0) is 19.2 Å². The van der Waals surface area contributed by atoms with E-state index in [4.69, 9.17) is 0 Å². The van der Waals surface area contributed by atoms with Crippen LogP contribution in [0.3, 0.4) is 0 Å². The highest BCUT2D eigenvalue weighted by Gasteiger charge is 2.44. The minimum atomic E-state index is -0.759. The van der Waals surface area contributed by atoms with Crippen LogP contribution in [-0.4, -0.2) is 41.1 Å². The van der Waals surface area contributed by atoms with Gasteiger partial charge in [-0.2, -0.15) is 0 Å². The van der Waals surface area contributed by atoms with Gasteiger partial charge in [0.1, 0.15) is 6.04 Å². The maximum Gasteiger partial charge on any atom is 0.257 e. The molecule has 0 bridgehead atoms. The van der Waals surface area contributed by atoms with Crippen LogP contribution in [0, 0.1) is 0 Å². The predicted octanol–water partition coefficient (Wildman–Crippen LogP) is 3.80. The zero-order chi connectivity index (χ0) is 22.4. The quantitative estimate of drug-likeness (QED) is 0.507. The topological polar surface area (TPSA) is 86.8 Å². The van der Waals surface area contributed by atoms with Crippen molar-refractivity contribution in [1.82, 2.24) is 4.90 Å². The van der Waals surface area contributed by atoms with E-state index in [1.54, 1.807) is 29.2 Å². The third-order valence-corrected chi connectivity index (χ3v) is 5.79. The number of rotatable bonds is 8. The van der Waals surface area contributed by atoms with Gasteiger partial charge in [0, 0.05) is 25.6 Å². The van der Waals surface area contributed by atoms with Gasteiger partial charge in [0.2, 0.25) is 17.7 Å². The lowest BCUT2D eigenvalue weighted by atomic mass is 9.97. The number of carbonyl (C=O) groups is 4. The second kappa shape index (κ2) is 10.4. The molecule has 1 N–H and O–H groups in total. The third kappa shape index (κ3) is 5.60. The molecule has 1 aliphatic heterocycles. The van der Waals surface area contributed by atoms with Crippen molar-refractivity contribution in [3.8, 4) is 0 Å². The van der Waals surface area contributed by atoms with E-state index >= 15 is 0 Å². The van der Waals surface area contributed by atoms with Crippen molar-refractivity contribution in [1.29, 1.82) is 0 Å². The molecule has 166 valence electrons. The van der Waals surface area contributed by atoms with Crippen molar-refractivity contribution in [2.24, 2.45) is 0 Å². The number of imide groups is 1. The van der Waals surface area contributed by atoms with Gasteiger partial charge >= 0.3 is 0 Å². The van der Waals surface area contributed by atoms with Crippen LogP contribution in [0.5, 0.6) is 0 Å². The summed E-state index contributed by atoms with van der Waals surface area (Å²) in [7, 11) is 0. The Morgan fingerprint density at radius 1 is 1.16 bits per heavy atom. The van der Waals surface area contributed by atoms with Crippen molar-refractivity contribution in [3.05, 3.63) is 35.9 Å². The Morgan fingerprint density at radius 2 is 1.90 bits per heavy atom. The van der Waals surface area contributed by atoms with Crippen LogP contribution in [0.4, 0.5) is 11.4 Å². The SMILES string of the molecule is CCCC(=O)N(CCC1=CCCCC1)C1CC(=O)N(c2ccc(NC(C)=O)cc2)C1=O. The summed E-state index contributed by atoms with van der Waals surface area (Å²) in [6, 6.07) is 5.81. The highest BCUT2D eigenvalue weighted by molar-refractivity contribution is 6.23. The molecule has 4 amide bonds. The largest absolute Gasteiger partial charge is 0.330 e. The van der Waals surface area contributed by atoms with Crippen LogP contribution in [0.25, 0.3) is 0 Å². The summed E-state index contributed by atoms with van der Waals surface area (Å²) in [5.74, 6) is -0.944. The summed E-state index contributed by atoms with van der Waals surface area (Å²) >= 11 is 0. The highest BCUT2D eigenvalue weighted by Crippen LogP contribution is 2.28. The number of hydrogen-bond acceptors (Lipinski definition) is 4. The molecular weight excluding hydrogens is 394 g/mol. The van der Waals surface area contributed by atoms with Gasteiger partial charge in [-0.05, 0) is 62.8 Å². The second-order valence-electron chi connectivity index (χ2n) is 8.21. The zero-order valence-electron chi connectivity index (χ0n) is 18.4. The number of hydrogen-bond donors (Lipinski definition) is 1. The van der Waals surface area contributed by atoms with E-state index in [-0.39, 0.29) is 30.0 Å². The molecular formula is C24H31N3O4. The van der Waals surface area contributed by atoms with Gasteiger partial charge < -0.3 is 10.2 Å². The molecule has 0 aromatic heterocycles. The average Bonchev–Trinajstić information content (AvgIpc) is 3.03. The van der Waals surface area contributed by atoms with Crippen LogP contribution < -0.4 is 10.2 Å². The Morgan fingerprint density at radius 3 is 2.52 bits per heavy atom. The Labute approximate surface area is 183 Å². The number of nitrogens with zero attached hydrogens (tertiary/aromatic N) is 2. The Balaban J connectivity index is 1.76. The molecule has 7 heteroatoms. The maximum absolute atomic E-state index is 13.2. The molecule has 31 heavy (non-hydrogen) atoms. The summed E-state index contributed by atoms with van der Waals surface area (Å²) in [5, 5.41) is 2.66. The lowest BCUT2D eigenvalue weighted by molar-refractivity contribution is -0.138. The Hall–Kier alpha value is -2.96. The molecule has 1 aromatic carbocycles. The number of amides is 4. The lowest BCUT2D eigenvalue weighted by Gasteiger charge is -2.28. The van der Waals surface area contributed by atoms with Crippen molar-refractivity contribution in [2.45, 2.75) is 71.3 Å². The van der Waals surface area contributed by atoms with Crippen molar-refractivity contribution >= 4 is 35.0 Å². The highest BCUT2D eigenvalue weighted by atomic mass is 16.2.